The summed E-state index contributed by atoms with van der Waals surface area (Å²) in [6.45, 7) is 2.32. The molecule has 2 N–H and O–H groups in total. The van der Waals surface area contributed by atoms with Gasteiger partial charge in [-0.25, -0.2) is 4.39 Å². The van der Waals surface area contributed by atoms with Gasteiger partial charge < -0.3 is 10.4 Å². The molecule has 1 heterocycles. The summed E-state index contributed by atoms with van der Waals surface area (Å²) in [7, 11) is 0. The summed E-state index contributed by atoms with van der Waals surface area (Å²) >= 11 is 1.74. The minimum atomic E-state index is -0.679. The number of nitrogens with one attached hydrogen (secondary N) is 1. The lowest BCUT2D eigenvalue weighted by Gasteiger charge is -2.25. The van der Waals surface area contributed by atoms with Crippen molar-refractivity contribution in [2.75, 3.05) is 18.1 Å². The number of benzene rings is 1. The normalized spacial score (nSPS) is 24.1. The lowest BCUT2D eigenvalue weighted by atomic mass is 10.0. The van der Waals surface area contributed by atoms with E-state index in [9.17, 15) is 9.50 Å². The maximum Gasteiger partial charge on any atom is 0.129 e. The van der Waals surface area contributed by atoms with E-state index in [1.807, 2.05) is 13.0 Å². The van der Waals surface area contributed by atoms with Crippen LogP contribution in [-0.2, 0) is 0 Å². The molecular formula is C14H17FN2OS. The monoisotopic (exact) mass is 280 g/mol. The van der Waals surface area contributed by atoms with E-state index < -0.39 is 5.60 Å². The summed E-state index contributed by atoms with van der Waals surface area (Å²) in [5.74, 6) is 1.31. The zero-order valence-electron chi connectivity index (χ0n) is 10.8. The molecule has 19 heavy (non-hydrogen) atoms. The highest BCUT2D eigenvalue weighted by atomic mass is 32.2. The summed E-state index contributed by atoms with van der Waals surface area (Å²) in [6.07, 6.45) is 0.771. The van der Waals surface area contributed by atoms with Crippen LogP contribution in [0, 0.1) is 17.1 Å². The second-order valence-electron chi connectivity index (χ2n) is 4.98. The van der Waals surface area contributed by atoms with Crippen LogP contribution in [-0.4, -0.2) is 28.8 Å². The van der Waals surface area contributed by atoms with Crippen LogP contribution < -0.4 is 5.32 Å². The molecule has 1 aromatic carbocycles. The Hall–Kier alpha value is -1.09. The van der Waals surface area contributed by atoms with E-state index >= 15 is 0 Å². The summed E-state index contributed by atoms with van der Waals surface area (Å²) < 4.78 is 13.8. The van der Waals surface area contributed by atoms with Crippen molar-refractivity contribution in [3.63, 3.8) is 0 Å². The van der Waals surface area contributed by atoms with Crippen LogP contribution in [0.2, 0.25) is 0 Å². The molecule has 1 aromatic rings. The molecule has 0 amide bonds. The Morgan fingerprint density at radius 1 is 1.63 bits per heavy atom. The minimum absolute atomic E-state index is 0.192. The molecule has 0 saturated carbocycles. The highest BCUT2D eigenvalue weighted by molar-refractivity contribution is 7.99. The van der Waals surface area contributed by atoms with Gasteiger partial charge in [-0.05, 0) is 31.2 Å². The van der Waals surface area contributed by atoms with Gasteiger partial charge in [-0.1, -0.05) is 6.07 Å². The molecule has 1 aliphatic rings. The average Bonchev–Trinajstić information content (AvgIpc) is 2.83. The van der Waals surface area contributed by atoms with Gasteiger partial charge in [0.25, 0.3) is 0 Å². The molecule has 1 saturated heterocycles. The van der Waals surface area contributed by atoms with E-state index in [4.69, 9.17) is 5.26 Å². The van der Waals surface area contributed by atoms with Gasteiger partial charge in [-0.3, -0.25) is 0 Å². The number of nitriles is 1. The fraction of sp³-hybridized carbons (Fsp3) is 0.500. The van der Waals surface area contributed by atoms with E-state index in [-0.39, 0.29) is 11.9 Å². The molecule has 2 atom stereocenters. The van der Waals surface area contributed by atoms with Gasteiger partial charge in [-0.15, -0.1) is 0 Å². The zero-order valence-corrected chi connectivity index (χ0v) is 11.6. The third-order valence-corrected chi connectivity index (χ3v) is 4.65. The number of hydrogen-bond acceptors (Lipinski definition) is 4. The van der Waals surface area contributed by atoms with Crippen molar-refractivity contribution in [2.45, 2.75) is 25.0 Å². The van der Waals surface area contributed by atoms with Gasteiger partial charge in [0.1, 0.15) is 5.82 Å². The zero-order chi connectivity index (χ0) is 13.9. The Kier molecular flexibility index (Phi) is 4.46. The SMILES string of the molecule is CC(NCC1(O)CCSC1)c1ccc(C#N)cc1F. The van der Waals surface area contributed by atoms with Crippen molar-refractivity contribution in [1.82, 2.24) is 5.32 Å². The fourth-order valence-electron chi connectivity index (χ4n) is 2.14. The molecule has 0 aliphatic carbocycles. The Morgan fingerprint density at radius 2 is 2.42 bits per heavy atom. The minimum Gasteiger partial charge on any atom is -0.388 e. The first-order chi connectivity index (χ1) is 9.04. The predicted molar refractivity (Wildman–Crippen MR) is 74.4 cm³/mol. The van der Waals surface area contributed by atoms with Crippen LogP contribution in [0.4, 0.5) is 4.39 Å². The third-order valence-electron chi connectivity index (χ3n) is 3.42. The molecule has 3 nitrogen and oxygen atoms in total. The molecule has 1 fully saturated rings. The first kappa shape index (κ1) is 14.3. The number of nitrogens with zero attached hydrogens (tertiary/aromatic N) is 1. The first-order valence-corrected chi connectivity index (χ1v) is 7.43. The van der Waals surface area contributed by atoms with Crippen molar-refractivity contribution in [3.8, 4) is 6.07 Å². The predicted octanol–water partition coefficient (Wildman–Crippen LogP) is 2.22. The Morgan fingerprint density at radius 3 is 3.00 bits per heavy atom. The van der Waals surface area contributed by atoms with Crippen LogP contribution in [0.3, 0.4) is 0 Å². The number of rotatable bonds is 4. The van der Waals surface area contributed by atoms with E-state index in [0.29, 0.717) is 17.7 Å². The van der Waals surface area contributed by atoms with Crippen LogP contribution in [0.1, 0.15) is 30.5 Å². The second-order valence-corrected chi connectivity index (χ2v) is 6.08. The lowest BCUT2D eigenvalue weighted by Crippen LogP contribution is -2.41. The fourth-order valence-corrected chi connectivity index (χ4v) is 3.43. The summed E-state index contributed by atoms with van der Waals surface area (Å²) in [4.78, 5) is 0. The average molecular weight is 280 g/mol. The number of aliphatic hydroxyl groups is 1. The molecule has 0 radical (unpaired) electrons. The van der Waals surface area contributed by atoms with Crippen LogP contribution in [0.15, 0.2) is 18.2 Å². The van der Waals surface area contributed by atoms with E-state index in [0.717, 1.165) is 17.9 Å². The van der Waals surface area contributed by atoms with Gasteiger partial charge in [0, 0.05) is 23.9 Å². The van der Waals surface area contributed by atoms with E-state index in [1.54, 1.807) is 23.9 Å². The van der Waals surface area contributed by atoms with E-state index in [2.05, 4.69) is 5.32 Å². The Labute approximate surface area is 116 Å². The molecular weight excluding hydrogens is 263 g/mol. The topological polar surface area (TPSA) is 56.0 Å². The largest absolute Gasteiger partial charge is 0.388 e. The highest BCUT2D eigenvalue weighted by Crippen LogP contribution is 2.28. The third kappa shape index (κ3) is 3.47. The number of halogens is 1. The molecule has 0 aromatic heterocycles. The smallest absolute Gasteiger partial charge is 0.129 e. The molecule has 0 bridgehead atoms. The maximum absolute atomic E-state index is 13.8. The van der Waals surface area contributed by atoms with Gasteiger partial charge in [0.15, 0.2) is 0 Å². The van der Waals surface area contributed by atoms with Gasteiger partial charge >= 0.3 is 0 Å². The summed E-state index contributed by atoms with van der Waals surface area (Å²) in [6, 6.07) is 6.20. The van der Waals surface area contributed by atoms with Crippen molar-refractivity contribution in [3.05, 3.63) is 35.1 Å². The van der Waals surface area contributed by atoms with Gasteiger partial charge in [0.05, 0.1) is 17.2 Å². The Balaban J connectivity index is 2.00. The van der Waals surface area contributed by atoms with Crippen LogP contribution in [0.25, 0.3) is 0 Å². The van der Waals surface area contributed by atoms with Gasteiger partial charge in [0.2, 0.25) is 0 Å². The molecule has 0 spiro atoms. The Bertz CT molecular complexity index is 495. The van der Waals surface area contributed by atoms with Gasteiger partial charge in [-0.2, -0.15) is 17.0 Å². The quantitative estimate of drug-likeness (QED) is 0.888. The first-order valence-electron chi connectivity index (χ1n) is 6.27. The van der Waals surface area contributed by atoms with Crippen molar-refractivity contribution in [2.24, 2.45) is 0 Å². The maximum atomic E-state index is 13.8. The summed E-state index contributed by atoms with van der Waals surface area (Å²) in [5, 5.41) is 22.1. The summed E-state index contributed by atoms with van der Waals surface area (Å²) in [5.41, 5.74) is 0.162. The van der Waals surface area contributed by atoms with Crippen molar-refractivity contribution >= 4 is 11.8 Å². The van der Waals surface area contributed by atoms with Crippen molar-refractivity contribution in [1.29, 1.82) is 5.26 Å². The van der Waals surface area contributed by atoms with Crippen LogP contribution in [0.5, 0.6) is 0 Å². The molecule has 2 unspecified atom stereocenters. The highest BCUT2D eigenvalue weighted by Gasteiger charge is 2.31. The van der Waals surface area contributed by atoms with E-state index in [1.165, 1.54) is 6.07 Å². The number of thioether (sulfide) groups is 1. The number of hydrogen-bond donors (Lipinski definition) is 2. The van der Waals surface area contributed by atoms with Crippen LogP contribution >= 0.6 is 11.8 Å². The lowest BCUT2D eigenvalue weighted by molar-refractivity contribution is 0.0650. The molecule has 1 aliphatic heterocycles. The molecule has 102 valence electrons. The standard InChI is InChI=1S/C14H17FN2OS/c1-10(17-8-14(18)4-5-19-9-14)12-3-2-11(7-16)6-13(12)15/h2-3,6,10,17-18H,4-5,8-9H2,1H3. The molecule has 5 heteroatoms. The van der Waals surface area contributed by atoms with Crippen molar-refractivity contribution < 1.29 is 9.50 Å². The second kappa shape index (κ2) is 5.91. The molecule has 2 rings (SSSR count).